The van der Waals surface area contributed by atoms with Gasteiger partial charge in [0, 0.05) is 24.4 Å². The number of nitrogens with zero attached hydrogens (tertiary/aromatic N) is 4. The Hall–Kier alpha value is -2.28. The Morgan fingerprint density at radius 2 is 1.89 bits per heavy atom. The van der Waals surface area contributed by atoms with Crippen LogP contribution in [0.3, 0.4) is 0 Å². The van der Waals surface area contributed by atoms with Crippen LogP contribution in [0.25, 0.3) is 0 Å². The molecule has 28 heavy (non-hydrogen) atoms. The number of benzene rings is 1. The van der Waals surface area contributed by atoms with E-state index in [-0.39, 0.29) is 5.92 Å². The molecule has 2 aromatic rings. The third-order valence-electron chi connectivity index (χ3n) is 7.00. The molecule has 0 radical (unpaired) electrons. The summed E-state index contributed by atoms with van der Waals surface area (Å²) in [6.45, 7) is 7.81. The van der Waals surface area contributed by atoms with Crippen molar-refractivity contribution in [3.8, 4) is 11.5 Å². The maximum Gasteiger partial charge on any atom is 0.266 e. The first-order valence-corrected chi connectivity index (χ1v) is 10.4. The van der Waals surface area contributed by atoms with Crippen LogP contribution in [-0.4, -0.2) is 53.6 Å². The largest absolute Gasteiger partial charge is 0.454 e. The molecule has 0 N–H and O–H groups in total. The van der Waals surface area contributed by atoms with Gasteiger partial charge in [-0.05, 0) is 54.7 Å². The van der Waals surface area contributed by atoms with Crippen molar-refractivity contribution >= 4 is 5.95 Å². The van der Waals surface area contributed by atoms with Crippen molar-refractivity contribution in [2.45, 2.75) is 50.6 Å². The molecule has 7 nitrogen and oxygen atoms in total. The summed E-state index contributed by atoms with van der Waals surface area (Å²) in [6.07, 6.45) is 2.53. The highest BCUT2D eigenvalue weighted by molar-refractivity contribution is 5.48. The van der Waals surface area contributed by atoms with Crippen LogP contribution in [-0.2, 0) is 0 Å². The SMILES string of the molecule is CC(C)c1nc(N2C[C@H](c3ccc4c(c3)OCO4)[C@H]3[C@@H]2C2CCN3CC2)no1. The first-order chi connectivity index (χ1) is 13.7. The van der Waals surface area contributed by atoms with E-state index >= 15 is 0 Å². The third kappa shape index (κ3) is 2.38. The summed E-state index contributed by atoms with van der Waals surface area (Å²) < 4.78 is 16.7. The molecule has 0 spiro atoms. The first-order valence-electron chi connectivity index (χ1n) is 10.4. The number of anilines is 1. The molecular formula is C21H26N4O3. The van der Waals surface area contributed by atoms with Crippen molar-refractivity contribution in [2.24, 2.45) is 5.92 Å². The molecule has 0 amide bonds. The first kappa shape index (κ1) is 16.7. The quantitative estimate of drug-likeness (QED) is 0.809. The van der Waals surface area contributed by atoms with E-state index in [0.29, 0.717) is 30.7 Å². The normalized spacial score (nSPS) is 33.0. The molecule has 0 aliphatic carbocycles. The predicted octanol–water partition coefficient (Wildman–Crippen LogP) is 2.99. The van der Waals surface area contributed by atoms with Gasteiger partial charge < -0.3 is 18.9 Å². The zero-order valence-electron chi connectivity index (χ0n) is 16.4. The van der Waals surface area contributed by atoms with Gasteiger partial charge in [0.2, 0.25) is 12.7 Å². The lowest BCUT2D eigenvalue weighted by molar-refractivity contribution is 0.0352. The molecule has 6 heterocycles. The fourth-order valence-corrected chi connectivity index (χ4v) is 5.67. The molecule has 7 rings (SSSR count). The van der Waals surface area contributed by atoms with E-state index in [9.17, 15) is 0 Å². The lowest BCUT2D eigenvalue weighted by Gasteiger charge is -2.51. The third-order valence-corrected chi connectivity index (χ3v) is 7.00. The highest BCUT2D eigenvalue weighted by atomic mass is 16.7. The molecule has 4 saturated heterocycles. The molecule has 7 heteroatoms. The van der Waals surface area contributed by atoms with Crippen LogP contribution in [0, 0.1) is 5.92 Å². The average molecular weight is 382 g/mol. The van der Waals surface area contributed by atoms with Gasteiger partial charge in [-0.2, -0.15) is 4.98 Å². The van der Waals surface area contributed by atoms with Crippen LogP contribution in [0.2, 0.25) is 0 Å². The van der Waals surface area contributed by atoms with Gasteiger partial charge in [-0.25, -0.2) is 0 Å². The van der Waals surface area contributed by atoms with E-state index in [1.807, 2.05) is 0 Å². The second kappa shape index (κ2) is 6.11. The summed E-state index contributed by atoms with van der Waals surface area (Å²) in [5, 5.41) is 4.36. The van der Waals surface area contributed by atoms with Gasteiger partial charge in [-0.15, -0.1) is 0 Å². The van der Waals surface area contributed by atoms with E-state index in [0.717, 1.165) is 29.9 Å². The molecule has 148 valence electrons. The number of hydrogen-bond acceptors (Lipinski definition) is 7. The molecule has 5 aliphatic heterocycles. The van der Waals surface area contributed by atoms with Gasteiger partial charge in [0.15, 0.2) is 11.5 Å². The minimum Gasteiger partial charge on any atom is -0.454 e. The van der Waals surface area contributed by atoms with Crippen molar-refractivity contribution in [2.75, 3.05) is 31.3 Å². The fourth-order valence-electron chi connectivity index (χ4n) is 5.67. The van der Waals surface area contributed by atoms with Crippen molar-refractivity contribution < 1.29 is 14.0 Å². The van der Waals surface area contributed by atoms with Crippen molar-refractivity contribution in [3.63, 3.8) is 0 Å². The van der Waals surface area contributed by atoms with E-state index in [4.69, 9.17) is 19.0 Å². The monoisotopic (exact) mass is 382 g/mol. The van der Waals surface area contributed by atoms with Crippen LogP contribution in [0.4, 0.5) is 5.95 Å². The fraction of sp³-hybridized carbons (Fsp3) is 0.619. The summed E-state index contributed by atoms with van der Waals surface area (Å²) in [5.41, 5.74) is 1.32. The summed E-state index contributed by atoms with van der Waals surface area (Å²) in [6, 6.07) is 7.38. The van der Waals surface area contributed by atoms with Crippen molar-refractivity contribution in [1.82, 2.24) is 15.0 Å². The molecule has 0 saturated carbocycles. The minimum absolute atomic E-state index is 0.246. The van der Waals surface area contributed by atoms with Crippen LogP contribution in [0.15, 0.2) is 22.7 Å². The van der Waals surface area contributed by atoms with Gasteiger partial charge >= 0.3 is 0 Å². The summed E-state index contributed by atoms with van der Waals surface area (Å²) in [4.78, 5) is 9.84. The highest BCUT2D eigenvalue weighted by Crippen LogP contribution is 2.48. The molecule has 5 aliphatic rings. The van der Waals surface area contributed by atoms with E-state index < -0.39 is 0 Å². The Balaban J connectivity index is 1.39. The van der Waals surface area contributed by atoms with Gasteiger partial charge in [-0.1, -0.05) is 19.9 Å². The van der Waals surface area contributed by atoms with Crippen LogP contribution >= 0.6 is 0 Å². The van der Waals surface area contributed by atoms with Crippen LogP contribution in [0.1, 0.15) is 50.0 Å². The van der Waals surface area contributed by atoms with Gasteiger partial charge in [0.1, 0.15) is 0 Å². The highest BCUT2D eigenvalue weighted by Gasteiger charge is 2.54. The lowest BCUT2D eigenvalue weighted by Crippen LogP contribution is -2.60. The Bertz CT molecular complexity index is 890. The minimum atomic E-state index is 0.246. The standard InChI is InChI=1S/C21H26N4O3/c1-12(2)20-22-21(23-28-20)25-10-15(14-3-4-16-17(9-14)27-11-26-16)19-18(25)13-5-7-24(19)8-6-13/h3-4,9,12-13,15,18-19H,5-8,10-11H2,1-2H3/t15-,18+,19+/m1/s1. The summed E-state index contributed by atoms with van der Waals surface area (Å²) in [7, 11) is 0. The summed E-state index contributed by atoms with van der Waals surface area (Å²) in [5.74, 6) is 4.55. The van der Waals surface area contributed by atoms with E-state index in [1.165, 1.54) is 31.5 Å². The van der Waals surface area contributed by atoms with E-state index in [2.05, 4.69) is 47.0 Å². The smallest absolute Gasteiger partial charge is 0.266 e. The van der Waals surface area contributed by atoms with Crippen molar-refractivity contribution in [1.29, 1.82) is 0 Å². The zero-order valence-corrected chi connectivity index (χ0v) is 16.4. The molecule has 2 bridgehead atoms. The molecule has 0 unspecified atom stereocenters. The molecule has 3 atom stereocenters. The maximum absolute atomic E-state index is 5.65. The Morgan fingerprint density at radius 3 is 2.68 bits per heavy atom. The number of hydrogen-bond donors (Lipinski definition) is 0. The maximum atomic E-state index is 5.65. The molecular weight excluding hydrogens is 356 g/mol. The second-order valence-electron chi connectivity index (χ2n) is 8.81. The number of aromatic nitrogens is 2. The molecule has 1 aromatic carbocycles. The number of fused-ring (bicyclic) bond motifs is 3. The lowest BCUT2D eigenvalue weighted by atomic mass is 9.75. The Morgan fingerprint density at radius 1 is 1.07 bits per heavy atom. The van der Waals surface area contributed by atoms with Crippen LogP contribution in [0.5, 0.6) is 11.5 Å². The molecule has 4 fully saturated rings. The Labute approximate surface area is 164 Å². The number of ether oxygens (including phenoxy) is 2. The van der Waals surface area contributed by atoms with Gasteiger partial charge in [0.25, 0.3) is 5.95 Å². The zero-order chi connectivity index (χ0) is 18.8. The summed E-state index contributed by atoms with van der Waals surface area (Å²) >= 11 is 0. The number of piperidine rings is 3. The van der Waals surface area contributed by atoms with Gasteiger partial charge in [0.05, 0.1) is 6.04 Å². The average Bonchev–Trinajstić information content (AvgIpc) is 3.45. The van der Waals surface area contributed by atoms with Crippen molar-refractivity contribution in [3.05, 3.63) is 29.7 Å². The topological polar surface area (TPSA) is 63.9 Å². The Kier molecular flexibility index (Phi) is 3.63. The predicted molar refractivity (Wildman–Crippen MR) is 103 cm³/mol. The second-order valence-corrected chi connectivity index (χ2v) is 8.81. The van der Waals surface area contributed by atoms with Gasteiger partial charge in [-0.3, -0.25) is 4.90 Å². The molecule has 1 aromatic heterocycles. The van der Waals surface area contributed by atoms with E-state index in [1.54, 1.807) is 0 Å². The number of rotatable bonds is 3. The van der Waals surface area contributed by atoms with Crippen LogP contribution < -0.4 is 14.4 Å².